The highest BCUT2D eigenvalue weighted by molar-refractivity contribution is 8.76. The molecule has 0 radical (unpaired) electrons. The number of aliphatic hydroxyl groups excluding tert-OH is 2. The van der Waals surface area contributed by atoms with Gasteiger partial charge in [0, 0.05) is 60.7 Å². The second-order valence-corrected chi connectivity index (χ2v) is 44.8. The van der Waals surface area contributed by atoms with Crippen LogP contribution in [0.5, 0.6) is 0 Å². The van der Waals surface area contributed by atoms with Crippen LogP contribution < -0.4 is 38.2 Å². The molecule has 116 heavy (non-hydrogen) atoms. The Balaban J connectivity index is 0.000000537. The monoisotopic (exact) mass is 1800 g/mol. The minimum Gasteiger partial charge on any atom is -0.390 e. The number of rotatable bonds is 34. The molecule has 44 heteroatoms. The Morgan fingerprint density at radius 2 is 1.28 bits per heavy atom. The molecule has 13 N–H and O–H groups in total. The molecule has 5 saturated carbocycles. The van der Waals surface area contributed by atoms with Gasteiger partial charge < -0.3 is 80.0 Å². The summed E-state index contributed by atoms with van der Waals surface area (Å²) >= 11 is 0.873. The van der Waals surface area contributed by atoms with E-state index in [1.54, 1.807) is 51.4 Å². The van der Waals surface area contributed by atoms with Gasteiger partial charge >= 0.3 is 34.1 Å². The van der Waals surface area contributed by atoms with Gasteiger partial charge in [0.2, 0.25) is 23.6 Å². The standard InChI is InChI=1S/C48H65F2N11O22P6S3.2C12H22/c49-48(50,88(73,74)83-89(75,76)77)87(71,72)80-21-35-32(63)18-39(82-35)61-25-54-40-41(51)57-46(58-42(40)61)90-24-33(64)26-8-10-29(11-9-26)55-37(66)22-78-15-14-53-45(69)30(56-43(67)27-5-2-1-3-6-27)23-92-91-16-12-36(65)52-13-4-7-28-19-60(47(70)59-44(28)68)38-17-31(62)34(81-38)20-79-86(84)85;2*1-3-7-11(8-4-1)12-9-5-2-6-10-12/h8-11,19,25,27,30-32,34-35,38-39,62-63H,1-3,5-6,12-18,20-24,84-85H2,(H,52,65)(H,53,69)(H,55,66)(H,56,67)(H,71,72)(H,73,74)(H2,51,57,58)(H,59,68,70)(H2,75,76,77);2*11-12H,1-10H2/t30?,31?,32?,34?,35-,38?,39-;;/m1../s1. The number of aromatic amines is 1. The SMILES string of the molecule is C1CCC(C2CCCCC2)CC1.C1CCC(C2CCCCC2)CC1.Nc1nc(SCC(=O)c2ccc(NC(=O)COCCNC(=O)C(CSSCCC(=O)NCC#Cc3cn(C4CC(O)C(COP(P)P)O4)c(=O)[nH]c3=O)NC(=O)C3CCCCC3)cc2)nc2c1ncn2[C@H]1CC(O)[C@@H](COP(=O)(O)C(F)(F)P(=O)(O)OP(=O)(O)O)O1. The fraction of sp³-hybridized carbons (Fsp3) is 0.694. The number of phosphoric acid groups is 1. The summed E-state index contributed by atoms with van der Waals surface area (Å²) in [6, 6.07) is 4.94. The molecular weight excluding hydrogens is 1690 g/mol. The Bertz CT molecular complexity index is 4170. The van der Waals surface area contributed by atoms with E-state index >= 15 is 0 Å². The largest absolute Gasteiger partial charge is 0.477 e. The van der Waals surface area contributed by atoms with Gasteiger partial charge in [0.1, 0.15) is 48.4 Å². The van der Waals surface area contributed by atoms with Gasteiger partial charge in [-0.3, -0.25) is 52.0 Å². The lowest BCUT2D eigenvalue weighted by molar-refractivity contribution is -0.131. The van der Waals surface area contributed by atoms with E-state index in [9.17, 15) is 76.0 Å². The van der Waals surface area contributed by atoms with Crippen molar-refractivity contribution in [2.75, 3.05) is 67.8 Å². The van der Waals surface area contributed by atoms with E-state index in [1.807, 2.05) is 0 Å². The van der Waals surface area contributed by atoms with Crippen LogP contribution in [-0.4, -0.2) is 181 Å². The van der Waals surface area contributed by atoms with Crippen LogP contribution >= 0.6 is 81.7 Å². The highest BCUT2D eigenvalue weighted by Gasteiger charge is 2.68. The third kappa shape index (κ3) is 29.5. The fourth-order valence-electron chi connectivity index (χ4n) is 15.4. The van der Waals surface area contributed by atoms with Crippen molar-refractivity contribution >= 4 is 134 Å². The zero-order chi connectivity index (χ0) is 83.6. The van der Waals surface area contributed by atoms with Crippen molar-refractivity contribution in [1.82, 2.24) is 45.0 Å². The maximum Gasteiger partial charge on any atom is 0.477 e. The summed E-state index contributed by atoms with van der Waals surface area (Å²) in [5, 5.41) is 26.2. The minimum atomic E-state index is -6.82. The number of fused-ring (bicyclic) bond motifs is 1. The number of thioether (sulfide) groups is 1. The number of ketones is 1. The Morgan fingerprint density at radius 3 is 1.84 bits per heavy atom. The number of hydrogen-bond donors (Lipinski definition) is 12. The molecule has 11 atom stereocenters. The molecular formula is C72H109F2N11O22P6S3. The van der Waals surface area contributed by atoms with E-state index in [1.165, 1.54) is 140 Å². The molecule has 11 rings (SSSR count). The van der Waals surface area contributed by atoms with Crippen molar-refractivity contribution < 1.29 is 104 Å². The summed E-state index contributed by atoms with van der Waals surface area (Å²) in [4.78, 5) is 142. The van der Waals surface area contributed by atoms with Crippen molar-refractivity contribution in [3.05, 3.63) is 68.8 Å². The lowest BCUT2D eigenvalue weighted by Crippen LogP contribution is -2.50. The zero-order valence-corrected chi connectivity index (χ0v) is 72.8. The number of nitrogens with two attached hydrogens (primary N) is 1. The number of nitrogen functional groups attached to an aromatic ring is 1. The van der Waals surface area contributed by atoms with Gasteiger partial charge in [-0.15, -0.1) is 0 Å². The number of benzene rings is 1. The second-order valence-electron chi connectivity index (χ2n) is 30.0. The number of nitrogens with one attached hydrogen (secondary N) is 5. The Kier molecular flexibility index (Phi) is 38.6. The molecule has 7 fully saturated rings. The molecule has 4 aromatic rings. The first-order valence-electron chi connectivity index (χ1n) is 39.5. The van der Waals surface area contributed by atoms with E-state index in [4.69, 9.17) is 34.3 Å². The van der Waals surface area contributed by atoms with Crippen LogP contribution in [0, 0.1) is 41.4 Å². The average Bonchev–Trinajstić information content (AvgIpc) is 0.931. The third-order valence-corrected chi connectivity index (χ3v) is 31.3. The van der Waals surface area contributed by atoms with Crippen LogP contribution in [-0.2, 0) is 60.4 Å². The molecule has 3 aromatic heterocycles. The van der Waals surface area contributed by atoms with Crippen molar-refractivity contribution in [1.29, 1.82) is 0 Å². The van der Waals surface area contributed by atoms with E-state index < -0.39 is 121 Å². The molecule has 646 valence electrons. The Hall–Kier alpha value is -4.23. The van der Waals surface area contributed by atoms with Gasteiger partial charge in [-0.05, 0) is 60.8 Å². The molecule has 1 aromatic carbocycles. The fourth-order valence-corrected chi connectivity index (χ4v) is 23.0. The molecule has 33 nitrogen and oxygen atoms in total. The number of imidazole rings is 1. The quantitative estimate of drug-likeness (QED) is 0.00393. The number of ether oxygens (including phenoxy) is 3. The van der Waals surface area contributed by atoms with Gasteiger partial charge in [0.05, 0.1) is 58.2 Å². The summed E-state index contributed by atoms with van der Waals surface area (Å²) in [5.74, 6) is 7.82. The number of carbonyl (C=O) groups excluding carboxylic acids is 5. The van der Waals surface area contributed by atoms with Crippen LogP contribution in [0.15, 0.2) is 51.5 Å². The summed E-state index contributed by atoms with van der Waals surface area (Å²) in [7, 11) is -12.7. The topological polar surface area (TPSA) is 486 Å². The van der Waals surface area contributed by atoms with Gasteiger partial charge in [-0.25, -0.2) is 28.6 Å². The van der Waals surface area contributed by atoms with Gasteiger partial charge in [0.25, 0.3) is 5.56 Å². The molecule has 2 aliphatic heterocycles. The molecule has 4 amide bonds. The van der Waals surface area contributed by atoms with Gasteiger partial charge in [0.15, 0.2) is 22.4 Å². The number of H-pyrrole nitrogens is 1. The van der Waals surface area contributed by atoms with Crippen LogP contribution in [0.4, 0.5) is 20.3 Å². The highest BCUT2D eigenvalue weighted by Crippen LogP contribution is 2.78. The maximum atomic E-state index is 14.5. The molecule has 0 spiro atoms. The molecule has 5 aliphatic carbocycles. The minimum absolute atomic E-state index is 0.00749. The maximum absolute atomic E-state index is 14.5. The first-order chi connectivity index (χ1) is 55.3. The summed E-state index contributed by atoms with van der Waals surface area (Å²) in [6.07, 6.45) is 30.4. The Labute approximate surface area is 689 Å². The predicted molar refractivity (Wildman–Crippen MR) is 444 cm³/mol. The first-order valence-corrected chi connectivity index (χ1v) is 52.1. The lowest BCUT2D eigenvalue weighted by Gasteiger charge is -2.32. The number of alkyl halides is 2. The smallest absolute Gasteiger partial charge is 0.390 e. The van der Waals surface area contributed by atoms with Crippen LogP contribution in [0.2, 0.25) is 0 Å². The summed E-state index contributed by atoms with van der Waals surface area (Å²) in [5.41, 5.74) is 5.21. The summed E-state index contributed by atoms with van der Waals surface area (Å²) < 4.78 is 96.4. The molecule has 7 aliphatic rings. The van der Waals surface area contributed by atoms with Gasteiger partial charge in [-0.1, -0.05) is 211 Å². The summed E-state index contributed by atoms with van der Waals surface area (Å²) in [6.45, 7) is -1.78. The number of halogens is 2. The number of carbonyl (C=O) groups is 5. The van der Waals surface area contributed by atoms with E-state index in [2.05, 4.69) is 79.7 Å². The number of Topliss-reactive ketones (excluding diaryl/α,β-unsaturated/α-hetero) is 1. The van der Waals surface area contributed by atoms with Crippen molar-refractivity contribution in [3.63, 3.8) is 0 Å². The Morgan fingerprint density at radius 1 is 0.733 bits per heavy atom. The van der Waals surface area contributed by atoms with E-state index in [0.29, 0.717) is 24.3 Å². The van der Waals surface area contributed by atoms with Crippen molar-refractivity contribution in [2.45, 2.75) is 233 Å². The normalized spacial score (nSPS) is 22.8. The molecule has 9 unspecified atom stereocenters. The highest BCUT2D eigenvalue weighted by atomic mass is 33.1. The number of nitrogens with zero attached hydrogens (tertiary/aromatic N) is 5. The van der Waals surface area contributed by atoms with Crippen molar-refractivity contribution in [3.8, 4) is 11.8 Å². The lowest BCUT2D eigenvalue weighted by atomic mass is 9.73. The number of aliphatic hydroxyl groups is 2. The number of aromatic nitrogens is 6. The molecule has 2 saturated heterocycles. The van der Waals surface area contributed by atoms with E-state index in [0.717, 1.165) is 59.3 Å². The van der Waals surface area contributed by atoms with Crippen molar-refractivity contribution in [2.24, 2.45) is 29.6 Å². The first kappa shape index (κ1) is 95.6. The zero-order valence-electron chi connectivity index (χ0n) is 64.5. The number of hydrogen-bond acceptors (Lipinski definition) is 25. The third-order valence-electron chi connectivity index (χ3n) is 21.6. The predicted octanol–water partition coefficient (Wildman–Crippen LogP) is 10.9. The van der Waals surface area contributed by atoms with Gasteiger partial charge in [-0.2, -0.15) is 8.78 Å². The molecule has 5 heterocycles. The van der Waals surface area contributed by atoms with Crippen LogP contribution in [0.1, 0.15) is 208 Å². The number of anilines is 2. The second kappa shape index (κ2) is 46.9. The molecule has 0 bridgehead atoms. The number of amides is 4. The average molecular weight is 1800 g/mol. The van der Waals surface area contributed by atoms with Crippen LogP contribution in [0.25, 0.3) is 11.2 Å². The van der Waals surface area contributed by atoms with E-state index in [-0.39, 0.29) is 108 Å². The van der Waals surface area contributed by atoms with Crippen LogP contribution in [0.3, 0.4) is 0 Å².